The molecule has 4 aromatic carbocycles. The molecule has 7 nitrogen and oxygen atoms in total. The summed E-state index contributed by atoms with van der Waals surface area (Å²) in [5.74, 6) is 0.372. The summed E-state index contributed by atoms with van der Waals surface area (Å²) >= 11 is 0. The molecule has 1 aliphatic heterocycles. The van der Waals surface area contributed by atoms with Gasteiger partial charge in [-0.3, -0.25) is 19.2 Å². The summed E-state index contributed by atoms with van der Waals surface area (Å²) in [5.41, 5.74) is -9.27. The third-order valence-corrected chi connectivity index (χ3v) is 8.06. The third-order valence-electron chi connectivity index (χ3n) is 8.06. The van der Waals surface area contributed by atoms with Crippen molar-refractivity contribution in [1.29, 1.82) is 0 Å². The molecule has 49 heavy (non-hydrogen) atoms. The number of imide groups is 2. The summed E-state index contributed by atoms with van der Waals surface area (Å²) in [5, 5.41) is 10.6. The molecule has 5 rings (SSSR count). The number of hydrogen-bond donors (Lipinski definition) is 1. The van der Waals surface area contributed by atoms with Crippen LogP contribution in [0.2, 0.25) is 0 Å². The molecule has 4 amide bonds. The number of halogens is 6. The van der Waals surface area contributed by atoms with Gasteiger partial charge in [-0.1, -0.05) is 30.0 Å². The Morgan fingerprint density at radius 1 is 0.796 bits per heavy atom. The van der Waals surface area contributed by atoms with Crippen LogP contribution in [0.1, 0.15) is 58.9 Å². The lowest BCUT2D eigenvalue weighted by Crippen LogP contribution is -2.55. The van der Waals surface area contributed by atoms with Crippen LogP contribution in [0.5, 0.6) is 5.75 Å². The zero-order chi connectivity index (χ0) is 36.1. The van der Waals surface area contributed by atoms with Crippen LogP contribution >= 0.6 is 0 Å². The van der Waals surface area contributed by atoms with Crippen LogP contribution in [0.3, 0.4) is 0 Å². The molecule has 0 aliphatic carbocycles. The van der Waals surface area contributed by atoms with E-state index < -0.39 is 63.7 Å². The predicted octanol–water partition coefficient (Wildman–Crippen LogP) is 6.68. The maximum atomic E-state index is 15.2. The van der Waals surface area contributed by atoms with Crippen molar-refractivity contribution >= 4 is 35.5 Å². The Balaban J connectivity index is 1.70. The van der Waals surface area contributed by atoms with Gasteiger partial charge in [0.1, 0.15) is 5.75 Å². The molecule has 0 radical (unpaired) electrons. The Morgan fingerprint density at radius 2 is 1.39 bits per heavy atom. The zero-order valence-corrected chi connectivity index (χ0v) is 25.0. The number of amides is 4. The van der Waals surface area contributed by atoms with Gasteiger partial charge in [0, 0.05) is 16.7 Å². The van der Waals surface area contributed by atoms with E-state index in [0.29, 0.717) is 34.7 Å². The topological polar surface area (TPSA) is 95.0 Å². The number of aryl methyl sites for hydroxylation is 1. The lowest BCUT2D eigenvalue weighted by molar-refractivity contribution is -0.288. The third kappa shape index (κ3) is 5.35. The summed E-state index contributed by atoms with van der Waals surface area (Å²) in [6.45, 7) is 1.43. The van der Waals surface area contributed by atoms with Crippen molar-refractivity contribution in [2.75, 3.05) is 9.80 Å². The molecule has 4 aromatic rings. The van der Waals surface area contributed by atoms with Crippen LogP contribution in [0.25, 0.3) is 0 Å². The van der Waals surface area contributed by atoms with E-state index in [9.17, 15) is 24.3 Å². The van der Waals surface area contributed by atoms with Crippen molar-refractivity contribution in [2.24, 2.45) is 0 Å². The lowest BCUT2D eigenvalue weighted by atomic mass is 9.72. The number of terminal acetylenes is 2. The average molecular weight is 675 g/mol. The maximum absolute atomic E-state index is 15.2. The number of benzene rings is 4. The molecule has 0 aromatic heterocycles. The number of anilines is 2. The van der Waals surface area contributed by atoms with E-state index in [4.69, 9.17) is 12.8 Å². The molecule has 1 heterocycles. The maximum Gasteiger partial charge on any atom is 0.411 e. The van der Waals surface area contributed by atoms with Crippen LogP contribution in [0.4, 0.5) is 37.7 Å². The van der Waals surface area contributed by atoms with Crippen molar-refractivity contribution in [3.8, 4) is 30.4 Å². The van der Waals surface area contributed by atoms with E-state index in [1.807, 2.05) is 0 Å². The number of alkyl halides is 6. The Kier molecular flexibility index (Phi) is 8.35. The number of rotatable bonds is 6. The van der Waals surface area contributed by atoms with E-state index in [0.717, 1.165) is 12.1 Å². The highest BCUT2D eigenvalue weighted by molar-refractivity contribution is 6.34. The summed E-state index contributed by atoms with van der Waals surface area (Å²) in [7, 11) is 0. The second-order valence-electron chi connectivity index (χ2n) is 10.8. The monoisotopic (exact) mass is 674 g/mol. The van der Waals surface area contributed by atoms with Crippen molar-refractivity contribution < 1.29 is 50.6 Å². The molecular weight excluding hydrogens is 654 g/mol. The Morgan fingerprint density at radius 3 is 1.98 bits per heavy atom. The summed E-state index contributed by atoms with van der Waals surface area (Å²) in [6.07, 6.45) is -1.81. The van der Waals surface area contributed by atoms with Gasteiger partial charge in [0.05, 0.1) is 22.5 Å². The summed E-state index contributed by atoms with van der Waals surface area (Å²) in [6, 6.07) is 11.4. The number of fused-ring (bicyclic) bond motifs is 1. The first-order valence-electron chi connectivity index (χ1n) is 13.9. The van der Waals surface area contributed by atoms with Gasteiger partial charge in [-0.2, -0.15) is 26.3 Å². The van der Waals surface area contributed by atoms with E-state index in [1.54, 1.807) is 0 Å². The number of aromatic hydroxyl groups is 1. The second kappa shape index (κ2) is 12.0. The smallest absolute Gasteiger partial charge is 0.411 e. The normalized spacial score (nSPS) is 13.0. The van der Waals surface area contributed by atoms with Crippen molar-refractivity contribution in [2.45, 2.75) is 24.7 Å². The fourth-order valence-electron chi connectivity index (χ4n) is 5.71. The van der Waals surface area contributed by atoms with Crippen molar-refractivity contribution in [3.05, 3.63) is 123 Å². The predicted molar refractivity (Wildman–Crippen MR) is 165 cm³/mol. The zero-order valence-electron chi connectivity index (χ0n) is 25.0. The molecule has 1 aliphatic rings. The number of phenols is 1. The van der Waals surface area contributed by atoms with Crippen molar-refractivity contribution in [3.63, 3.8) is 0 Å². The van der Waals surface area contributed by atoms with Crippen LogP contribution < -0.4 is 9.80 Å². The average Bonchev–Trinajstić information content (AvgIpc) is 3.29. The molecule has 1 N–H and O–H groups in total. The largest absolute Gasteiger partial charge is 0.506 e. The fourth-order valence-corrected chi connectivity index (χ4v) is 5.71. The van der Waals surface area contributed by atoms with E-state index in [1.165, 1.54) is 43.3 Å². The first-order chi connectivity index (χ1) is 23.0. The number of carbonyl (C=O) groups excluding carboxylic acids is 4. The van der Waals surface area contributed by atoms with Gasteiger partial charge in [-0.05, 0) is 84.3 Å². The number of hydrogen-bond acceptors (Lipinski definition) is 5. The van der Waals surface area contributed by atoms with Gasteiger partial charge < -0.3 is 5.11 Å². The Bertz CT molecular complexity index is 2140. The standard InChI is InChI=1S/C36H20F6N2O5/c1-4-21-9-12-26(20(3)15-21)31(47)43(19-45)29-18-24(11-14-30(29)46)34(35(37,38)39,36(40,41)42)23-7-6-8-25(17-23)44-32(48)27-13-10-22(5-2)16-28(27)33(44)49/h1-2,6-19,46H,3H3. The molecule has 246 valence electrons. The minimum absolute atomic E-state index is 0.161. The number of phenolic OH excluding ortho intramolecular Hbond substituents is 1. The van der Waals surface area contributed by atoms with E-state index in [-0.39, 0.29) is 45.2 Å². The molecule has 0 saturated carbocycles. The van der Waals surface area contributed by atoms with Crippen LogP contribution in [-0.2, 0) is 10.2 Å². The second-order valence-corrected chi connectivity index (χ2v) is 10.8. The molecular formula is C36H20F6N2O5. The van der Waals surface area contributed by atoms with Crippen LogP contribution in [-0.4, -0.2) is 41.6 Å². The fraction of sp³-hybridized carbons (Fsp3) is 0.111. The quantitative estimate of drug-likeness (QED) is 0.107. The van der Waals surface area contributed by atoms with Gasteiger partial charge >= 0.3 is 12.4 Å². The Hall–Kier alpha value is -6.34. The molecule has 0 fully saturated rings. The molecule has 13 heteroatoms. The van der Waals surface area contributed by atoms with Gasteiger partial charge in [0.15, 0.2) is 0 Å². The van der Waals surface area contributed by atoms with Gasteiger partial charge in [-0.15, -0.1) is 12.8 Å². The Labute approximate surface area is 274 Å². The molecule has 0 unspecified atom stereocenters. The van der Waals surface area contributed by atoms with E-state index in [2.05, 4.69) is 11.8 Å². The molecule has 0 atom stereocenters. The minimum Gasteiger partial charge on any atom is -0.506 e. The highest BCUT2D eigenvalue weighted by Gasteiger charge is 2.72. The minimum atomic E-state index is -6.17. The summed E-state index contributed by atoms with van der Waals surface area (Å²) in [4.78, 5) is 52.5. The van der Waals surface area contributed by atoms with Crippen LogP contribution in [0, 0.1) is 31.6 Å². The van der Waals surface area contributed by atoms with Crippen LogP contribution in [0.15, 0.2) is 78.9 Å². The number of nitrogens with zero attached hydrogens (tertiary/aromatic N) is 2. The van der Waals surface area contributed by atoms with Gasteiger partial charge in [0.2, 0.25) is 11.8 Å². The van der Waals surface area contributed by atoms with Crippen molar-refractivity contribution in [1.82, 2.24) is 0 Å². The number of carbonyl (C=O) groups is 4. The SMILES string of the molecule is C#Cc1ccc(C(=O)N(C=O)c2cc(C(c3cccc(N4C(=O)c5ccc(C#C)cc5C4=O)c3)(C(F)(F)F)C(F)(F)F)ccc2O)c(C)c1. The highest BCUT2D eigenvalue weighted by Crippen LogP contribution is 2.57. The lowest BCUT2D eigenvalue weighted by Gasteiger charge is -2.39. The van der Waals surface area contributed by atoms with E-state index >= 15 is 26.3 Å². The highest BCUT2D eigenvalue weighted by atomic mass is 19.4. The first-order valence-corrected chi connectivity index (χ1v) is 13.9. The summed E-state index contributed by atoms with van der Waals surface area (Å²) < 4.78 is 90.9. The van der Waals surface area contributed by atoms with Gasteiger partial charge in [-0.25, -0.2) is 9.80 Å². The molecule has 0 spiro atoms. The van der Waals surface area contributed by atoms with Gasteiger partial charge in [0.25, 0.3) is 17.7 Å². The molecule has 0 saturated heterocycles. The first kappa shape index (κ1) is 34.0. The molecule has 0 bridgehead atoms.